The zero-order valence-corrected chi connectivity index (χ0v) is 8.02. The minimum atomic E-state index is -4.19. The molecule has 0 unspecified atom stereocenters. The molecule has 3 nitrogen and oxygen atoms in total. The lowest BCUT2D eigenvalue weighted by atomic mass is 10.3. The second-order valence-corrected chi connectivity index (χ2v) is 2.99. The zero-order chi connectivity index (χ0) is 10.8. The van der Waals surface area contributed by atoms with Crippen LogP contribution in [0, 0.1) is 0 Å². The van der Waals surface area contributed by atoms with Crippen LogP contribution >= 0.6 is 0 Å². The number of alkyl halides is 3. The molecule has 0 amide bonds. The van der Waals surface area contributed by atoms with E-state index in [4.69, 9.17) is 0 Å². The second kappa shape index (κ2) is 3.89. The number of nitrogens with one attached hydrogen (secondary N) is 1. The highest BCUT2D eigenvalue weighted by Gasteiger charge is 2.27. The van der Waals surface area contributed by atoms with Crippen LogP contribution in [0.4, 0.5) is 18.9 Å². The second-order valence-electron chi connectivity index (χ2n) is 2.99. The summed E-state index contributed by atoms with van der Waals surface area (Å²) in [4.78, 5) is 0. The van der Waals surface area contributed by atoms with Crippen LogP contribution in [0.3, 0.4) is 0 Å². The molecule has 0 radical (unpaired) electrons. The molecule has 0 aliphatic rings. The highest BCUT2D eigenvalue weighted by atomic mass is 19.4. The van der Waals surface area contributed by atoms with E-state index in [1.165, 1.54) is 4.68 Å². The van der Waals surface area contributed by atoms with Crippen LogP contribution in [0.25, 0.3) is 0 Å². The molecule has 0 saturated carbocycles. The Kier molecular flexibility index (Phi) is 3.03. The van der Waals surface area contributed by atoms with E-state index in [-0.39, 0.29) is 0 Å². The van der Waals surface area contributed by atoms with E-state index < -0.39 is 12.7 Å². The van der Waals surface area contributed by atoms with Gasteiger partial charge in [-0.25, -0.2) is 0 Å². The standard InChI is InChI=1S/C8H12F3N3/c1-3-6-7(4-14(2)13-6)12-5-8(9,10)11/h4,12H,3,5H2,1-2H3. The van der Waals surface area contributed by atoms with Gasteiger partial charge < -0.3 is 5.32 Å². The average molecular weight is 207 g/mol. The van der Waals surface area contributed by atoms with Gasteiger partial charge in [-0.1, -0.05) is 6.92 Å². The number of anilines is 1. The summed E-state index contributed by atoms with van der Waals surface area (Å²) >= 11 is 0. The molecule has 1 N–H and O–H groups in total. The smallest absolute Gasteiger partial charge is 0.374 e. The fraction of sp³-hybridized carbons (Fsp3) is 0.625. The minimum absolute atomic E-state index is 0.451. The Labute approximate surface area is 79.9 Å². The van der Waals surface area contributed by atoms with Gasteiger partial charge in [0, 0.05) is 13.2 Å². The molecular formula is C8H12F3N3. The van der Waals surface area contributed by atoms with Gasteiger partial charge in [0.15, 0.2) is 0 Å². The van der Waals surface area contributed by atoms with E-state index in [2.05, 4.69) is 10.4 Å². The summed E-state index contributed by atoms with van der Waals surface area (Å²) in [5, 5.41) is 6.33. The fourth-order valence-electron chi connectivity index (χ4n) is 1.14. The van der Waals surface area contributed by atoms with Crippen molar-refractivity contribution >= 4 is 5.69 Å². The summed E-state index contributed by atoms with van der Waals surface area (Å²) in [6, 6.07) is 0. The monoisotopic (exact) mass is 207 g/mol. The lowest BCUT2D eigenvalue weighted by molar-refractivity contribution is -0.115. The number of hydrogen-bond acceptors (Lipinski definition) is 2. The van der Waals surface area contributed by atoms with Crippen LogP contribution in [0.5, 0.6) is 0 Å². The summed E-state index contributed by atoms with van der Waals surface area (Å²) in [6.07, 6.45) is -2.04. The maximum Gasteiger partial charge on any atom is 0.405 e. The number of hydrogen-bond donors (Lipinski definition) is 1. The molecule has 6 heteroatoms. The van der Waals surface area contributed by atoms with E-state index in [0.29, 0.717) is 17.8 Å². The van der Waals surface area contributed by atoms with Gasteiger partial charge in [0.05, 0.1) is 11.4 Å². The first-order chi connectivity index (χ1) is 6.42. The van der Waals surface area contributed by atoms with Crippen molar-refractivity contribution in [2.75, 3.05) is 11.9 Å². The first-order valence-corrected chi connectivity index (χ1v) is 4.25. The van der Waals surface area contributed by atoms with Gasteiger partial charge in [0.25, 0.3) is 0 Å². The van der Waals surface area contributed by atoms with Gasteiger partial charge in [-0.05, 0) is 6.42 Å². The molecule has 0 aliphatic carbocycles. The number of halogens is 3. The first-order valence-electron chi connectivity index (χ1n) is 4.25. The van der Waals surface area contributed by atoms with E-state index >= 15 is 0 Å². The lowest BCUT2D eigenvalue weighted by Crippen LogP contribution is -2.21. The topological polar surface area (TPSA) is 29.9 Å². The van der Waals surface area contributed by atoms with Gasteiger partial charge in [-0.2, -0.15) is 18.3 Å². The Morgan fingerprint density at radius 3 is 2.64 bits per heavy atom. The molecule has 0 atom stereocenters. The van der Waals surface area contributed by atoms with E-state index in [0.717, 1.165) is 0 Å². The highest BCUT2D eigenvalue weighted by Crippen LogP contribution is 2.18. The van der Waals surface area contributed by atoms with Gasteiger partial charge in [-0.3, -0.25) is 4.68 Å². The molecule has 0 aliphatic heterocycles. The number of aryl methyl sites for hydroxylation is 2. The molecule has 14 heavy (non-hydrogen) atoms. The predicted octanol–water partition coefficient (Wildman–Crippen LogP) is 1.96. The summed E-state index contributed by atoms with van der Waals surface area (Å²) in [5.74, 6) is 0. The Morgan fingerprint density at radius 2 is 2.14 bits per heavy atom. The minimum Gasteiger partial charge on any atom is -0.374 e. The summed E-state index contributed by atoms with van der Waals surface area (Å²) in [5.41, 5.74) is 1.10. The van der Waals surface area contributed by atoms with Gasteiger partial charge >= 0.3 is 6.18 Å². The Balaban J connectivity index is 2.66. The number of nitrogens with zero attached hydrogens (tertiary/aromatic N) is 2. The van der Waals surface area contributed by atoms with Crippen molar-refractivity contribution in [3.63, 3.8) is 0 Å². The third kappa shape index (κ3) is 2.93. The van der Waals surface area contributed by atoms with Crippen molar-refractivity contribution in [3.05, 3.63) is 11.9 Å². The Hall–Kier alpha value is -1.20. The Morgan fingerprint density at radius 1 is 1.50 bits per heavy atom. The summed E-state index contributed by atoms with van der Waals surface area (Å²) < 4.78 is 37.2. The molecule has 0 bridgehead atoms. The normalized spacial score (nSPS) is 11.8. The van der Waals surface area contributed by atoms with Crippen molar-refractivity contribution in [2.24, 2.45) is 7.05 Å². The molecule has 0 aromatic carbocycles. The van der Waals surface area contributed by atoms with Crippen LogP contribution in [0.2, 0.25) is 0 Å². The molecule has 0 saturated heterocycles. The van der Waals surface area contributed by atoms with Crippen LogP contribution in [-0.2, 0) is 13.5 Å². The molecule has 1 heterocycles. The van der Waals surface area contributed by atoms with Crippen molar-refractivity contribution < 1.29 is 13.2 Å². The van der Waals surface area contributed by atoms with Gasteiger partial charge in [0.2, 0.25) is 0 Å². The molecule has 80 valence electrons. The molecule has 1 aromatic rings. The van der Waals surface area contributed by atoms with Crippen LogP contribution < -0.4 is 5.32 Å². The SMILES string of the molecule is CCc1nn(C)cc1NCC(F)(F)F. The Bertz CT molecular complexity index is 303. The molecule has 1 rings (SSSR count). The summed E-state index contributed by atoms with van der Waals surface area (Å²) in [6.45, 7) is 0.826. The maximum atomic E-state index is 11.9. The van der Waals surface area contributed by atoms with Crippen molar-refractivity contribution in [1.29, 1.82) is 0 Å². The lowest BCUT2D eigenvalue weighted by Gasteiger charge is -2.08. The van der Waals surface area contributed by atoms with E-state index in [9.17, 15) is 13.2 Å². The maximum absolute atomic E-state index is 11.9. The van der Waals surface area contributed by atoms with Crippen LogP contribution in [-0.4, -0.2) is 22.5 Å². The number of aromatic nitrogens is 2. The third-order valence-electron chi connectivity index (χ3n) is 1.72. The largest absolute Gasteiger partial charge is 0.405 e. The quantitative estimate of drug-likeness (QED) is 0.821. The van der Waals surface area contributed by atoms with Crippen molar-refractivity contribution in [2.45, 2.75) is 19.5 Å². The summed E-state index contributed by atoms with van der Waals surface area (Å²) in [7, 11) is 1.68. The first kappa shape index (κ1) is 10.9. The fourth-order valence-corrected chi connectivity index (χ4v) is 1.14. The predicted molar refractivity (Wildman–Crippen MR) is 47.1 cm³/mol. The van der Waals surface area contributed by atoms with E-state index in [1.807, 2.05) is 6.92 Å². The third-order valence-corrected chi connectivity index (χ3v) is 1.72. The highest BCUT2D eigenvalue weighted by molar-refractivity contribution is 5.46. The van der Waals surface area contributed by atoms with Gasteiger partial charge in [0.1, 0.15) is 6.54 Å². The molecule has 0 fully saturated rings. The van der Waals surface area contributed by atoms with Crippen LogP contribution in [0.1, 0.15) is 12.6 Å². The zero-order valence-electron chi connectivity index (χ0n) is 8.02. The molecule has 0 spiro atoms. The van der Waals surface area contributed by atoms with Crippen LogP contribution in [0.15, 0.2) is 6.20 Å². The van der Waals surface area contributed by atoms with Gasteiger partial charge in [-0.15, -0.1) is 0 Å². The average Bonchev–Trinajstić information content (AvgIpc) is 2.41. The van der Waals surface area contributed by atoms with Crippen molar-refractivity contribution in [1.82, 2.24) is 9.78 Å². The van der Waals surface area contributed by atoms with Crippen molar-refractivity contribution in [3.8, 4) is 0 Å². The molecule has 1 aromatic heterocycles. The molecular weight excluding hydrogens is 195 g/mol. The van der Waals surface area contributed by atoms with E-state index in [1.54, 1.807) is 13.2 Å². The number of rotatable bonds is 3.